The van der Waals surface area contributed by atoms with E-state index in [-0.39, 0.29) is 24.3 Å². The number of nitrogens with zero attached hydrogens (tertiary/aromatic N) is 2. The quantitative estimate of drug-likeness (QED) is 0.887. The van der Waals surface area contributed by atoms with E-state index < -0.39 is 12.1 Å². The SMILES string of the molecule is CC(C)C[C@H]1NC(=O)[C@H]2CN(C(=O)c3cccc4ccccc34)CCN2C1=O. The van der Waals surface area contributed by atoms with Crippen LogP contribution in [0.4, 0.5) is 0 Å². The molecule has 0 aliphatic carbocycles. The van der Waals surface area contributed by atoms with Gasteiger partial charge >= 0.3 is 0 Å². The Bertz CT molecular complexity index is 934. The number of benzene rings is 2. The summed E-state index contributed by atoms with van der Waals surface area (Å²) >= 11 is 0. The number of amides is 3. The Labute approximate surface area is 164 Å². The largest absolute Gasteiger partial charge is 0.342 e. The molecule has 2 aromatic carbocycles. The monoisotopic (exact) mass is 379 g/mol. The standard InChI is InChI=1S/C22H25N3O3/c1-14(2)12-18-22(28)25-11-10-24(13-19(25)20(26)23-18)21(27)17-9-5-7-15-6-3-4-8-16(15)17/h3-9,14,18-19H,10-13H2,1-2H3,(H,23,26)/t18-,19-/m1/s1. The fourth-order valence-corrected chi connectivity index (χ4v) is 4.20. The normalized spacial score (nSPS) is 22.4. The number of nitrogens with one attached hydrogen (secondary N) is 1. The second kappa shape index (κ2) is 7.26. The van der Waals surface area contributed by atoms with E-state index in [1.54, 1.807) is 9.80 Å². The first-order valence-corrected chi connectivity index (χ1v) is 9.83. The number of hydrogen-bond acceptors (Lipinski definition) is 3. The topological polar surface area (TPSA) is 69.7 Å². The molecule has 2 heterocycles. The van der Waals surface area contributed by atoms with Gasteiger partial charge in [0, 0.05) is 18.7 Å². The third-order valence-corrected chi connectivity index (χ3v) is 5.60. The first kappa shape index (κ1) is 18.5. The van der Waals surface area contributed by atoms with Gasteiger partial charge in [-0.2, -0.15) is 0 Å². The van der Waals surface area contributed by atoms with Crippen molar-refractivity contribution in [3.8, 4) is 0 Å². The van der Waals surface area contributed by atoms with Crippen LogP contribution in [0.1, 0.15) is 30.6 Å². The summed E-state index contributed by atoms with van der Waals surface area (Å²) in [4.78, 5) is 41.9. The van der Waals surface area contributed by atoms with Crippen LogP contribution in [-0.2, 0) is 9.59 Å². The predicted octanol–water partition coefficient (Wildman–Crippen LogP) is 2.04. The molecule has 2 atom stereocenters. The van der Waals surface area contributed by atoms with E-state index in [0.29, 0.717) is 31.0 Å². The molecule has 2 saturated heterocycles. The van der Waals surface area contributed by atoms with Crippen LogP contribution in [0.25, 0.3) is 10.8 Å². The average molecular weight is 379 g/mol. The van der Waals surface area contributed by atoms with Crippen molar-refractivity contribution in [2.45, 2.75) is 32.4 Å². The molecule has 2 aromatic rings. The van der Waals surface area contributed by atoms with Gasteiger partial charge in [-0.1, -0.05) is 50.2 Å². The van der Waals surface area contributed by atoms with Crippen LogP contribution in [-0.4, -0.2) is 59.2 Å². The summed E-state index contributed by atoms with van der Waals surface area (Å²) in [6.45, 7) is 5.13. The Morgan fingerprint density at radius 1 is 1.11 bits per heavy atom. The number of fused-ring (bicyclic) bond motifs is 2. The fourth-order valence-electron chi connectivity index (χ4n) is 4.20. The number of piperazine rings is 2. The van der Waals surface area contributed by atoms with Crippen molar-refractivity contribution in [2.75, 3.05) is 19.6 Å². The summed E-state index contributed by atoms with van der Waals surface area (Å²) in [5, 5.41) is 4.77. The number of hydrogen-bond donors (Lipinski definition) is 1. The van der Waals surface area contributed by atoms with Gasteiger partial charge < -0.3 is 15.1 Å². The molecular formula is C22H25N3O3. The molecule has 2 aliphatic rings. The van der Waals surface area contributed by atoms with E-state index in [1.165, 1.54) is 0 Å². The van der Waals surface area contributed by atoms with E-state index in [0.717, 1.165) is 10.8 Å². The van der Waals surface area contributed by atoms with Crippen molar-refractivity contribution in [2.24, 2.45) is 5.92 Å². The molecule has 3 amide bonds. The second-order valence-corrected chi connectivity index (χ2v) is 8.02. The van der Waals surface area contributed by atoms with Gasteiger partial charge in [0.1, 0.15) is 12.1 Å². The summed E-state index contributed by atoms with van der Waals surface area (Å²) < 4.78 is 0. The summed E-state index contributed by atoms with van der Waals surface area (Å²) in [6.07, 6.45) is 0.631. The maximum absolute atomic E-state index is 13.2. The Balaban J connectivity index is 1.55. The van der Waals surface area contributed by atoms with Gasteiger partial charge in [-0.15, -0.1) is 0 Å². The predicted molar refractivity (Wildman–Crippen MR) is 107 cm³/mol. The minimum absolute atomic E-state index is 0.0319. The second-order valence-electron chi connectivity index (χ2n) is 8.02. The lowest BCUT2D eigenvalue weighted by Gasteiger charge is -2.45. The molecule has 28 heavy (non-hydrogen) atoms. The highest BCUT2D eigenvalue weighted by Crippen LogP contribution is 2.24. The Morgan fingerprint density at radius 3 is 2.64 bits per heavy atom. The Morgan fingerprint density at radius 2 is 1.86 bits per heavy atom. The van der Waals surface area contributed by atoms with Crippen molar-refractivity contribution in [1.82, 2.24) is 15.1 Å². The van der Waals surface area contributed by atoms with Crippen molar-refractivity contribution in [1.29, 1.82) is 0 Å². The van der Waals surface area contributed by atoms with Gasteiger partial charge in [0.25, 0.3) is 5.91 Å². The molecule has 146 valence electrons. The van der Waals surface area contributed by atoms with Crippen LogP contribution in [0, 0.1) is 5.92 Å². The van der Waals surface area contributed by atoms with Crippen molar-refractivity contribution < 1.29 is 14.4 Å². The maximum Gasteiger partial charge on any atom is 0.254 e. The zero-order valence-corrected chi connectivity index (χ0v) is 16.2. The minimum atomic E-state index is -0.608. The molecule has 4 rings (SSSR count). The highest BCUT2D eigenvalue weighted by atomic mass is 16.2. The molecule has 0 bridgehead atoms. The fraction of sp³-hybridized carbons (Fsp3) is 0.409. The summed E-state index contributed by atoms with van der Waals surface area (Å²) in [5.74, 6) is 0.0252. The molecule has 6 nitrogen and oxygen atoms in total. The molecular weight excluding hydrogens is 354 g/mol. The highest BCUT2D eigenvalue weighted by Gasteiger charge is 2.44. The number of carbonyl (C=O) groups excluding carboxylic acids is 3. The van der Waals surface area contributed by atoms with Crippen LogP contribution >= 0.6 is 0 Å². The van der Waals surface area contributed by atoms with Gasteiger partial charge in [-0.3, -0.25) is 14.4 Å². The number of carbonyl (C=O) groups is 3. The van der Waals surface area contributed by atoms with E-state index >= 15 is 0 Å². The van der Waals surface area contributed by atoms with E-state index in [1.807, 2.05) is 56.3 Å². The van der Waals surface area contributed by atoms with Gasteiger partial charge in [0.15, 0.2) is 0 Å². The summed E-state index contributed by atoms with van der Waals surface area (Å²) in [6, 6.07) is 12.4. The molecule has 0 spiro atoms. The molecule has 0 unspecified atom stereocenters. The first-order valence-electron chi connectivity index (χ1n) is 9.83. The average Bonchev–Trinajstić information content (AvgIpc) is 2.70. The molecule has 6 heteroatoms. The first-order chi connectivity index (χ1) is 13.5. The maximum atomic E-state index is 13.2. The molecule has 2 aliphatic heterocycles. The van der Waals surface area contributed by atoms with E-state index in [2.05, 4.69) is 5.32 Å². The highest BCUT2D eigenvalue weighted by molar-refractivity contribution is 6.07. The molecule has 2 fully saturated rings. The molecule has 0 radical (unpaired) electrons. The molecule has 0 aromatic heterocycles. The van der Waals surface area contributed by atoms with Crippen LogP contribution in [0.2, 0.25) is 0 Å². The lowest BCUT2D eigenvalue weighted by Crippen LogP contribution is -2.69. The smallest absolute Gasteiger partial charge is 0.254 e. The minimum Gasteiger partial charge on any atom is -0.342 e. The van der Waals surface area contributed by atoms with Crippen molar-refractivity contribution >= 4 is 28.5 Å². The van der Waals surface area contributed by atoms with E-state index in [4.69, 9.17) is 0 Å². The zero-order chi connectivity index (χ0) is 19.8. The number of rotatable bonds is 3. The van der Waals surface area contributed by atoms with Crippen LogP contribution in [0.5, 0.6) is 0 Å². The Hall–Kier alpha value is -2.89. The van der Waals surface area contributed by atoms with Gasteiger partial charge in [0.2, 0.25) is 11.8 Å². The van der Waals surface area contributed by atoms with Gasteiger partial charge in [0.05, 0.1) is 6.54 Å². The van der Waals surface area contributed by atoms with Crippen LogP contribution in [0.15, 0.2) is 42.5 Å². The van der Waals surface area contributed by atoms with Crippen molar-refractivity contribution in [3.05, 3.63) is 48.0 Å². The molecule has 1 N–H and O–H groups in total. The molecule has 0 saturated carbocycles. The lowest BCUT2D eigenvalue weighted by atomic mass is 9.96. The summed E-state index contributed by atoms with van der Waals surface area (Å²) in [5.41, 5.74) is 0.631. The zero-order valence-electron chi connectivity index (χ0n) is 16.2. The summed E-state index contributed by atoms with van der Waals surface area (Å²) in [7, 11) is 0. The van der Waals surface area contributed by atoms with E-state index in [9.17, 15) is 14.4 Å². The van der Waals surface area contributed by atoms with Crippen LogP contribution in [0.3, 0.4) is 0 Å². The van der Waals surface area contributed by atoms with Gasteiger partial charge in [-0.25, -0.2) is 0 Å². The van der Waals surface area contributed by atoms with Gasteiger partial charge in [-0.05, 0) is 29.2 Å². The third kappa shape index (κ3) is 3.23. The Kier molecular flexibility index (Phi) is 4.79. The van der Waals surface area contributed by atoms with Crippen molar-refractivity contribution in [3.63, 3.8) is 0 Å². The third-order valence-electron chi connectivity index (χ3n) is 5.60. The van der Waals surface area contributed by atoms with Crippen LogP contribution < -0.4 is 5.32 Å². The lowest BCUT2D eigenvalue weighted by molar-refractivity contribution is -0.152.